The molecule has 0 aromatic heterocycles. The lowest BCUT2D eigenvalue weighted by atomic mass is 10.1. The van der Waals surface area contributed by atoms with Gasteiger partial charge in [-0.1, -0.05) is 0 Å². The van der Waals surface area contributed by atoms with Gasteiger partial charge >= 0.3 is 0 Å². The zero-order valence-electron chi connectivity index (χ0n) is 10.7. The first-order chi connectivity index (χ1) is 8.83. The molecular formula is C15H20O3. The lowest BCUT2D eigenvalue weighted by molar-refractivity contribution is -0.111. The van der Waals surface area contributed by atoms with Gasteiger partial charge in [0.15, 0.2) is 5.78 Å². The average Bonchev–Trinajstić information content (AvgIpc) is 3.08. The van der Waals surface area contributed by atoms with E-state index in [1.165, 1.54) is 0 Å². The molecule has 1 aliphatic carbocycles. The molecule has 2 atom stereocenters. The number of carbonyl (C=O) groups excluding carboxylic acids is 1. The Morgan fingerprint density at radius 2 is 1.39 bits per heavy atom. The summed E-state index contributed by atoms with van der Waals surface area (Å²) in [5, 5.41) is 0. The summed E-state index contributed by atoms with van der Waals surface area (Å²) in [5.74, 6) is 0.223. The summed E-state index contributed by atoms with van der Waals surface area (Å²) in [4.78, 5) is 12.2. The lowest BCUT2D eigenvalue weighted by Gasteiger charge is -2.05. The molecule has 3 aliphatic rings. The molecule has 0 N–H and O–H groups in total. The van der Waals surface area contributed by atoms with Gasteiger partial charge in [-0.15, -0.1) is 0 Å². The number of ether oxygens (including phenoxy) is 2. The second-order valence-corrected chi connectivity index (χ2v) is 5.32. The van der Waals surface area contributed by atoms with E-state index in [1.807, 2.05) is 12.2 Å². The highest BCUT2D eigenvalue weighted by Crippen LogP contribution is 2.29. The Morgan fingerprint density at radius 3 is 1.78 bits per heavy atom. The number of hydrogen-bond donors (Lipinski definition) is 0. The highest BCUT2D eigenvalue weighted by molar-refractivity contribution is 6.10. The number of hydrogen-bond acceptors (Lipinski definition) is 3. The normalized spacial score (nSPS) is 37.2. The number of carbonyl (C=O) groups is 1. The molecule has 3 fully saturated rings. The van der Waals surface area contributed by atoms with E-state index in [4.69, 9.17) is 9.47 Å². The van der Waals surface area contributed by atoms with E-state index in [-0.39, 0.29) is 18.0 Å². The van der Waals surface area contributed by atoms with Crippen molar-refractivity contribution in [1.82, 2.24) is 0 Å². The van der Waals surface area contributed by atoms with Crippen molar-refractivity contribution in [1.29, 1.82) is 0 Å². The molecule has 0 spiro atoms. The van der Waals surface area contributed by atoms with Crippen molar-refractivity contribution in [3.8, 4) is 0 Å². The Kier molecular flexibility index (Phi) is 3.62. The first kappa shape index (κ1) is 12.1. The minimum absolute atomic E-state index is 0.172. The van der Waals surface area contributed by atoms with Gasteiger partial charge < -0.3 is 9.47 Å². The highest BCUT2D eigenvalue weighted by atomic mass is 16.5. The summed E-state index contributed by atoms with van der Waals surface area (Å²) < 4.78 is 11.1. The topological polar surface area (TPSA) is 35.5 Å². The van der Waals surface area contributed by atoms with Gasteiger partial charge in [-0.3, -0.25) is 4.79 Å². The van der Waals surface area contributed by atoms with Crippen LogP contribution >= 0.6 is 0 Å². The quantitative estimate of drug-likeness (QED) is 0.704. The molecule has 98 valence electrons. The summed E-state index contributed by atoms with van der Waals surface area (Å²) in [5.41, 5.74) is 1.90. The van der Waals surface area contributed by atoms with Crippen LogP contribution in [0.4, 0.5) is 0 Å². The summed E-state index contributed by atoms with van der Waals surface area (Å²) in [7, 11) is 0. The van der Waals surface area contributed by atoms with Crippen LogP contribution in [0.3, 0.4) is 0 Å². The fourth-order valence-corrected chi connectivity index (χ4v) is 2.94. The maximum atomic E-state index is 12.2. The third-order valence-electron chi connectivity index (χ3n) is 3.95. The van der Waals surface area contributed by atoms with Gasteiger partial charge in [-0.2, -0.15) is 0 Å². The third kappa shape index (κ3) is 2.57. The van der Waals surface area contributed by atoms with Crippen LogP contribution < -0.4 is 0 Å². The Bertz CT molecular complexity index is 347. The number of Topliss-reactive ketones (excluding diaryl/α,β-unsaturated/α-hetero) is 1. The molecule has 0 radical (unpaired) electrons. The maximum absolute atomic E-state index is 12.2. The molecule has 3 rings (SSSR count). The Balaban J connectivity index is 1.67. The zero-order valence-corrected chi connectivity index (χ0v) is 10.7. The largest absolute Gasteiger partial charge is 0.374 e. The van der Waals surface area contributed by atoms with Gasteiger partial charge in [-0.05, 0) is 61.8 Å². The van der Waals surface area contributed by atoms with Crippen LogP contribution in [0, 0.1) is 0 Å². The molecule has 1 saturated carbocycles. The molecule has 18 heavy (non-hydrogen) atoms. The standard InChI is InChI=1S/C15H20O3/c16-15-11(9-13-3-1-7-17-13)5-6-12(15)10-14-4-2-8-18-14/h9-10,13-14H,1-8H2/b11-9+,12-10+/t13-,14+. The van der Waals surface area contributed by atoms with Gasteiger partial charge in [0, 0.05) is 13.2 Å². The van der Waals surface area contributed by atoms with Gasteiger partial charge in [0.25, 0.3) is 0 Å². The van der Waals surface area contributed by atoms with Crippen LogP contribution in [-0.4, -0.2) is 31.2 Å². The predicted octanol–water partition coefficient (Wildman–Crippen LogP) is 2.56. The highest BCUT2D eigenvalue weighted by Gasteiger charge is 2.26. The molecular weight excluding hydrogens is 228 g/mol. The lowest BCUT2D eigenvalue weighted by Crippen LogP contribution is -2.07. The SMILES string of the molecule is O=C1/C(=C/[C@@H]2CCCO2)CC/C1=C\[C@H]1CCCO1. The van der Waals surface area contributed by atoms with Crippen molar-refractivity contribution in [2.45, 2.75) is 50.7 Å². The van der Waals surface area contributed by atoms with Crippen molar-refractivity contribution in [2.24, 2.45) is 0 Å². The van der Waals surface area contributed by atoms with Crippen LogP contribution in [-0.2, 0) is 14.3 Å². The Labute approximate surface area is 108 Å². The minimum atomic E-state index is 0.172. The number of rotatable bonds is 2. The first-order valence-electron chi connectivity index (χ1n) is 7.02. The monoisotopic (exact) mass is 248 g/mol. The molecule has 0 aromatic carbocycles. The van der Waals surface area contributed by atoms with E-state index < -0.39 is 0 Å². The van der Waals surface area contributed by atoms with Crippen LogP contribution in [0.15, 0.2) is 23.3 Å². The fraction of sp³-hybridized carbons (Fsp3) is 0.667. The van der Waals surface area contributed by atoms with Crippen molar-refractivity contribution < 1.29 is 14.3 Å². The molecule has 0 amide bonds. The van der Waals surface area contributed by atoms with E-state index in [0.29, 0.717) is 0 Å². The van der Waals surface area contributed by atoms with Crippen molar-refractivity contribution >= 4 is 5.78 Å². The van der Waals surface area contributed by atoms with Crippen LogP contribution in [0.1, 0.15) is 38.5 Å². The second kappa shape index (κ2) is 5.37. The molecule has 2 saturated heterocycles. The first-order valence-corrected chi connectivity index (χ1v) is 7.02. The number of ketones is 1. The Morgan fingerprint density at radius 1 is 0.889 bits per heavy atom. The Hall–Kier alpha value is -0.930. The van der Waals surface area contributed by atoms with E-state index in [2.05, 4.69) is 0 Å². The summed E-state index contributed by atoms with van der Waals surface area (Å²) in [6.07, 6.45) is 10.5. The molecule has 0 bridgehead atoms. The maximum Gasteiger partial charge on any atom is 0.184 e. The van der Waals surface area contributed by atoms with Crippen LogP contribution in [0.2, 0.25) is 0 Å². The fourth-order valence-electron chi connectivity index (χ4n) is 2.94. The summed E-state index contributed by atoms with van der Waals surface area (Å²) in [6.45, 7) is 1.67. The van der Waals surface area contributed by atoms with Gasteiger partial charge in [0.2, 0.25) is 0 Å². The van der Waals surface area contributed by atoms with Gasteiger partial charge in [0.05, 0.1) is 12.2 Å². The smallest absolute Gasteiger partial charge is 0.184 e. The molecule has 2 aliphatic heterocycles. The third-order valence-corrected chi connectivity index (χ3v) is 3.95. The minimum Gasteiger partial charge on any atom is -0.374 e. The van der Waals surface area contributed by atoms with Gasteiger partial charge in [0.1, 0.15) is 0 Å². The van der Waals surface area contributed by atoms with Crippen molar-refractivity contribution in [2.75, 3.05) is 13.2 Å². The second-order valence-electron chi connectivity index (χ2n) is 5.32. The van der Waals surface area contributed by atoms with E-state index in [9.17, 15) is 4.79 Å². The van der Waals surface area contributed by atoms with Crippen molar-refractivity contribution in [3.05, 3.63) is 23.3 Å². The van der Waals surface area contributed by atoms with E-state index in [0.717, 1.165) is 62.9 Å². The summed E-state index contributed by atoms with van der Waals surface area (Å²) in [6, 6.07) is 0. The van der Waals surface area contributed by atoms with E-state index >= 15 is 0 Å². The molecule has 0 unspecified atom stereocenters. The van der Waals surface area contributed by atoms with Crippen molar-refractivity contribution in [3.63, 3.8) is 0 Å². The van der Waals surface area contributed by atoms with Crippen LogP contribution in [0.5, 0.6) is 0 Å². The number of allylic oxidation sites excluding steroid dienone is 2. The van der Waals surface area contributed by atoms with Crippen LogP contribution in [0.25, 0.3) is 0 Å². The molecule has 0 aromatic rings. The molecule has 3 heteroatoms. The van der Waals surface area contributed by atoms with Gasteiger partial charge in [-0.25, -0.2) is 0 Å². The zero-order chi connectivity index (χ0) is 12.4. The molecule has 2 heterocycles. The summed E-state index contributed by atoms with van der Waals surface area (Å²) >= 11 is 0. The molecule has 3 nitrogen and oxygen atoms in total. The van der Waals surface area contributed by atoms with E-state index in [1.54, 1.807) is 0 Å². The predicted molar refractivity (Wildman–Crippen MR) is 68.4 cm³/mol. The average molecular weight is 248 g/mol.